The van der Waals surface area contributed by atoms with E-state index < -0.39 is 36.1 Å². The number of anilines is 2. The number of methoxy groups -OCH3 is 1. The molecule has 2 unspecified atom stereocenters. The third-order valence-electron chi connectivity index (χ3n) is 6.70. The Labute approximate surface area is 237 Å². The molecule has 0 fully saturated rings. The molecule has 2 aliphatic rings. The first kappa shape index (κ1) is 28.2. The van der Waals surface area contributed by atoms with E-state index in [9.17, 15) is 22.8 Å². The van der Waals surface area contributed by atoms with Crippen molar-refractivity contribution in [3.8, 4) is 17.2 Å². The lowest BCUT2D eigenvalue weighted by Crippen LogP contribution is -2.37. The lowest BCUT2D eigenvalue weighted by atomic mass is 9.96. The molecular weight excluding hydrogens is 565 g/mol. The zero-order chi connectivity index (χ0) is 29.3. The minimum absolute atomic E-state index is 0.246. The Bertz CT molecular complexity index is 1510. The van der Waals surface area contributed by atoms with Crippen LogP contribution in [0.2, 0.25) is 5.02 Å². The number of carboxylic acid groups (broad SMARTS) is 1. The van der Waals surface area contributed by atoms with Crippen LogP contribution in [0, 0.1) is 0 Å². The number of alkyl halides is 3. The summed E-state index contributed by atoms with van der Waals surface area (Å²) in [6.07, 6.45) is -3.08. The van der Waals surface area contributed by atoms with Crippen molar-refractivity contribution in [3.63, 3.8) is 0 Å². The molecule has 214 valence electrons. The molecule has 0 spiro atoms. The fourth-order valence-electron chi connectivity index (χ4n) is 4.71. The molecule has 0 saturated heterocycles. The van der Waals surface area contributed by atoms with Gasteiger partial charge in [0.2, 0.25) is 0 Å². The molecule has 0 saturated carbocycles. The largest absolute Gasteiger partial charge is 0.573 e. The molecule has 1 aliphatic heterocycles. The monoisotopic (exact) mass is 588 g/mol. The van der Waals surface area contributed by atoms with Gasteiger partial charge >= 0.3 is 12.3 Å². The van der Waals surface area contributed by atoms with Gasteiger partial charge in [-0.1, -0.05) is 29.8 Å². The molecule has 3 aromatic rings. The maximum atomic E-state index is 14.0. The van der Waals surface area contributed by atoms with Gasteiger partial charge in [0.05, 0.1) is 12.8 Å². The van der Waals surface area contributed by atoms with Gasteiger partial charge in [0.15, 0.2) is 0 Å². The highest BCUT2D eigenvalue weighted by molar-refractivity contribution is 6.30. The van der Waals surface area contributed by atoms with Gasteiger partial charge in [0.25, 0.3) is 5.91 Å². The Morgan fingerprint density at radius 2 is 1.76 bits per heavy atom. The van der Waals surface area contributed by atoms with E-state index in [1.54, 1.807) is 42.5 Å². The predicted molar refractivity (Wildman–Crippen MR) is 145 cm³/mol. The second-order valence-electron chi connectivity index (χ2n) is 9.46. The highest BCUT2D eigenvalue weighted by Crippen LogP contribution is 2.37. The van der Waals surface area contributed by atoms with Crippen molar-refractivity contribution in [2.75, 3.05) is 23.9 Å². The second kappa shape index (κ2) is 11.2. The van der Waals surface area contributed by atoms with E-state index in [0.29, 0.717) is 45.4 Å². The number of carbonyl (C=O) groups excluding carboxylic acids is 1. The second-order valence-corrected chi connectivity index (χ2v) is 9.90. The summed E-state index contributed by atoms with van der Waals surface area (Å²) in [5.74, 6) is -1.01. The van der Waals surface area contributed by atoms with Crippen LogP contribution in [-0.2, 0) is 16.0 Å². The van der Waals surface area contributed by atoms with Crippen LogP contribution in [0.1, 0.15) is 23.6 Å². The standard InChI is InChI=1S/C29H24ClF3N2O6/c1-39-22-12-20(13-24(14-22)40-23-10-18(11-23)28(37)38)34-26(17-2-5-19(30)6-3-17)27(36)35-9-8-16-4-7-21(15-25(16)35)41-29(31,32)33/h2-7,10,12-15,23,26,34H,8-9,11H2,1H3,(H,37,38). The summed E-state index contributed by atoms with van der Waals surface area (Å²) in [5, 5.41) is 12.8. The Balaban J connectivity index is 1.45. The van der Waals surface area contributed by atoms with Crippen LogP contribution in [0.4, 0.5) is 24.5 Å². The minimum Gasteiger partial charge on any atom is -0.497 e. The molecule has 1 heterocycles. The summed E-state index contributed by atoms with van der Waals surface area (Å²) in [6, 6.07) is 14.6. The summed E-state index contributed by atoms with van der Waals surface area (Å²) in [4.78, 5) is 26.5. The van der Waals surface area contributed by atoms with Gasteiger partial charge in [0.1, 0.15) is 29.4 Å². The molecular formula is C29H24ClF3N2O6. The molecule has 0 radical (unpaired) electrons. The minimum atomic E-state index is -4.87. The number of ether oxygens (including phenoxy) is 3. The fourth-order valence-corrected chi connectivity index (χ4v) is 4.83. The number of nitrogens with one attached hydrogen (secondary N) is 1. The van der Waals surface area contributed by atoms with Crippen LogP contribution in [0.5, 0.6) is 17.2 Å². The molecule has 0 bridgehead atoms. The normalized spacial score (nSPS) is 16.7. The number of hydrogen-bond donors (Lipinski definition) is 2. The van der Waals surface area contributed by atoms with Crippen LogP contribution in [0.25, 0.3) is 0 Å². The van der Waals surface area contributed by atoms with Crippen molar-refractivity contribution in [1.29, 1.82) is 0 Å². The first-order chi connectivity index (χ1) is 19.5. The van der Waals surface area contributed by atoms with E-state index in [2.05, 4.69) is 10.1 Å². The first-order valence-corrected chi connectivity index (χ1v) is 12.9. The van der Waals surface area contributed by atoms with E-state index >= 15 is 0 Å². The number of hydrogen-bond acceptors (Lipinski definition) is 6. The van der Waals surface area contributed by atoms with E-state index in [0.717, 1.165) is 0 Å². The number of halogens is 4. The predicted octanol–water partition coefficient (Wildman–Crippen LogP) is 6.15. The zero-order valence-electron chi connectivity index (χ0n) is 21.6. The number of amides is 1. The molecule has 12 heteroatoms. The number of aliphatic carboxylic acids is 1. The third kappa shape index (κ3) is 6.51. The lowest BCUT2D eigenvalue weighted by Gasteiger charge is -2.27. The summed E-state index contributed by atoms with van der Waals surface area (Å²) in [6.45, 7) is 0.266. The first-order valence-electron chi connectivity index (χ1n) is 12.5. The number of carboxylic acids is 1. The maximum Gasteiger partial charge on any atom is 0.573 e. The summed E-state index contributed by atoms with van der Waals surface area (Å²) >= 11 is 6.08. The number of carbonyl (C=O) groups is 2. The average Bonchev–Trinajstić information content (AvgIpc) is 3.31. The van der Waals surface area contributed by atoms with Crippen molar-refractivity contribution in [1.82, 2.24) is 0 Å². The highest BCUT2D eigenvalue weighted by Gasteiger charge is 2.35. The Morgan fingerprint density at radius 1 is 1.05 bits per heavy atom. The number of nitrogens with zero attached hydrogens (tertiary/aromatic N) is 1. The summed E-state index contributed by atoms with van der Waals surface area (Å²) in [7, 11) is 1.47. The SMILES string of the molecule is COc1cc(NC(C(=O)N2CCc3ccc(OC(F)(F)F)cc32)c2ccc(Cl)cc2)cc(OC2C=C(C(=O)O)C2)c1. The third-order valence-corrected chi connectivity index (χ3v) is 6.95. The van der Waals surface area contributed by atoms with Crippen molar-refractivity contribution < 1.29 is 42.1 Å². The Morgan fingerprint density at radius 3 is 2.41 bits per heavy atom. The molecule has 1 amide bonds. The van der Waals surface area contributed by atoms with E-state index in [1.807, 2.05) is 0 Å². The Hall–Kier alpha value is -4.38. The molecule has 3 aromatic carbocycles. The van der Waals surface area contributed by atoms with Gasteiger partial charge in [-0.2, -0.15) is 0 Å². The van der Waals surface area contributed by atoms with E-state index in [4.69, 9.17) is 26.2 Å². The van der Waals surface area contributed by atoms with Crippen LogP contribution in [0.15, 0.2) is 72.3 Å². The van der Waals surface area contributed by atoms with Crippen LogP contribution >= 0.6 is 11.6 Å². The van der Waals surface area contributed by atoms with Crippen LogP contribution < -0.4 is 24.4 Å². The quantitative estimate of drug-likeness (QED) is 0.309. The van der Waals surface area contributed by atoms with Gasteiger partial charge < -0.3 is 29.5 Å². The highest BCUT2D eigenvalue weighted by atomic mass is 35.5. The topological polar surface area (TPSA) is 97.3 Å². The molecule has 5 rings (SSSR count). The molecule has 41 heavy (non-hydrogen) atoms. The Kier molecular flexibility index (Phi) is 7.72. The van der Waals surface area contributed by atoms with Crippen molar-refractivity contribution in [2.45, 2.75) is 31.3 Å². The molecule has 2 atom stereocenters. The van der Waals surface area contributed by atoms with Crippen molar-refractivity contribution >= 4 is 34.9 Å². The number of fused-ring (bicyclic) bond motifs is 1. The average molecular weight is 589 g/mol. The molecule has 2 N–H and O–H groups in total. The van der Waals surface area contributed by atoms with Crippen LogP contribution in [0.3, 0.4) is 0 Å². The van der Waals surface area contributed by atoms with Crippen molar-refractivity contribution in [3.05, 3.63) is 88.5 Å². The van der Waals surface area contributed by atoms with Gasteiger partial charge in [-0.3, -0.25) is 4.79 Å². The summed E-state index contributed by atoms with van der Waals surface area (Å²) in [5.41, 5.74) is 2.34. The maximum absolute atomic E-state index is 14.0. The number of benzene rings is 3. The van der Waals surface area contributed by atoms with Crippen LogP contribution in [-0.4, -0.2) is 43.1 Å². The smallest absolute Gasteiger partial charge is 0.497 e. The van der Waals surface area contributed by atoms with E-state index in [-0.39, 0.29) is 18.5 Å². The summed E-state index contributed by atoms with van der Waals surface area (Å²) < 4.78 is 53.9. The van der Waals surface area contributed by atoms with E-state index in [1.165, 1.54) is 36.3 Å². The van der Waals surface area contributed by atoms with Crippen molar-refractivity contribution in [2.24, 2.45) is 0 Å². The molecule has 0 aromatic heterocycles. The molecule has 1 aliphatic carbocycles. The van der Waals surface area contributed by atoms with Gasteiger partial charge in [-0.05, 0) is 41.8 Å². The van der Waals surface area contributed by atoms with Gasteiger partial charge in [0, 0.05) is 53.5 Å². The van der Waals surface area contributed by atoms with Gasteiger partial charge in [-0.25, -0.2) is 4.79 Å². The fraction of sp³-hybridized carbons (Fsp3) is 0.241. The zero-order valence-corrected chi connectivity index (χ0v) is 22.3. The molecule has 8 nitrogen and oxygen atoms in total. The number of rotatable bonds is 9. The lowest BCUT2D eigenvalue weighted by molar-refractivity contribution is -0.274. The van der Waals surface area contributed by atoms with Gasteiger partial charge in [-0.15, -0.1) is 13.2 Å².